The Morgan fingerprint density at radius 3 is 2.93 bits per heavy atom. The number of aromatic nitrogens is 1. The normalized spacial score (nSPS) is 9.50. The lowest BCUT2D eigenvalue weighted by Crippen LogP contribution is -2.07. The van der Waals surface area contributed by atoms with Crippen molar-refractivity contribution in [3.05, 3.63) is 17.3 Å². The lowest BCUT2D eigenvalue weighted by molar-refractivity contribution is -0.142. The van der Waals surface area contributed by atoms with Crippen LogP contribution >= 0.6 is 0 Å². The van der Waals surface area contributed by atoms with Crippen molar-refractivity contribution in [3.63, 3.8) is 0 Å². The molecule has 0 N–H and O–H groups in total. The van der Waals surface area contributed by atoms with Gasteiger partial charge in [-0.2, -0.15) is 5.26 Å². The van der Waals surface area contributed by atoms with Gasteiger partial charge in [0.05, 0.1) is 6.61 Å². The van der Waals surface area contributed by atoms with Crippen LogP contribution in [0.1, 0.15) is 24.3 Å². The summed E-state index contributed by atoms with van der Waals surface area (Å²) in [5.41, 5.74) is 0.212. The van der Waals surface area contributed by atoms with Crippen LogP contribution in [0, 0.1) is 18.3 Å². The second-order valence-corrected chi connectivity index (χ2v) is 2.61. The van der Waals surface area contributed by atoms with Gasteiger partial charge in [0.1, 0.15) is 18.3 Å². The number of ether oxygens (including phenoxy) is 1. The molecule has 0 saturated carbocycles. The fourth-order valence-electron chi connectivity index (χ4n) is 0.966. The Morgan fingerprint density at radius 2 is 2.43 bits per heavy atom. The molecule has 0 fully saturated rings. The van der Waals surface area contributed by atoms with E-state index in [0.717, 1.165) is 0 Å². The average Bonchev–Trinajstić information content (AvgIpc) is 2.46. The molecular formula is C9H10N2O3. The van der Waals surface area contributed by atoms with Gasteiger partial charge in [0, 0.05) is 0 Å². The molecule has 0 saturated heterocycles. The first-order valence-corrected chi connectivity index (χ1v) is 4.19. The lowest BCUT2D eigenvalue weighted by Gasteiger charge is -1.96. The number of carbonyl (C=O) groups is 1. The number of carbonyl (C=O) groups excluding carboxylic acids is 1. The van der Waals surface area contributed by atoms with E-state index in [9.17, 15) is 4.79 Å². The van der Waals surface area contributed by atoms with Crippen molar-refractivity contribution in [2.45, 2.75) is 20.3 Å². The molecule has 0 bridgehead atoms. The van der Waals surface area contributed by atoms with Crippen LogP contribution in [0.15, 0.2) is 4.42 Å². The minimum Gasteiger partial charge on any atom is -0.466 e. The van der Waals surface area contributed by atoms with Crippen molar-refractivity contribution in [2.24, 2.45) is 0 Å². The van der Waals surface area contributed by atoms with Gasteiger partial charge in [-0.3, -0.25) is 4.79 Å². The first-order valence-electron chi connectivity index (χ1n) is 4.19. The van der Waals surface area contributed by atoms with Crippen molar-refractivity contribution in [3.8, 4) is 6.07 Å². The zero-order valence-corrected chi connectivity index (χ0v) is 8.03. The monoisotopic (exact) mass is 194 g/mol. The van der Waals surface area contributed by atoms with Crippen molar-refractivity contribution in [1.82, 2.24) is 4.98 Å². The third-order valence-corrected chi connectivity index (χ3v) is 1.55. The highest BCUT2D eigenvalue weighted by atomic mass is 16.5. The zero-order chi connectivity index (χ0) is 10.6. The maximum atomic E-state index is 11.0. The van der Waals surface area contributed by atoms with E-state index in [1.807, 2.05) is 6.07 Å². The first-order chi connectivity index (χ1) is 6.67. The molecule has 0 spiro atoms. The quantitative estimate of drug-likeness (QED) is 0.670. The number of hydrogen-bond donors (Lipinski definition) is 0. The van der Waals surface area contributed by atoms with Gasteiger partial charge in [0.25, 0.3) is 0 Å². The second kappa shape index (κ2) is 4.42. The van der Waals surface area contributed by atoms with E-state index in [1.165, 1.54) is 0 Å². The molecule has 1 heterocycles. The van der Waals surface area contributed by atoms with Gasteiger partial charge in [-0.15, -0.1) is 0 Å². The Morgan fingerprint density at radius 1 is 1.71 bits per heavy atom. The molecule has 0 aliphatic carbocycles. The Labute approximate surface area is 81.3 Å². The largest absolute Gasteiger partial charge is 0.466 e. The van der Waals surface area contributed by atoms with Crippen molar-refractivity contribution in [1.29, 1.82) is 5.26 Å². The molecule has 14 heavy (non-hydrogen) atoms. The molecule has 1 aromatic heterocycles. The van der Waals surface area contributed by atoms with Crippen LogP contribution in [-0.4, -0.2) is 17.6 Å². The minimum absolute atomic E-state index is 0.0314. The SMILES string of the molecule is CCOC(=O)Cc1nc(C#N)c(C)o1. The molecule has 0 aromatic carbocycles. The Hall–Kier alpha value is -1.83. The van der Waals surface area contributed by atoms with Gasteiger partial charge >= 0.3 is 5.97 Å². The van der Waals surface area contributed by atoms with E-state index in [2.05, 4.69) is 4.98 Å². The summed E-state index contributed by atoms with van der Waals surface area (Å²) < 4.78 is 9.79. The third-order valence-electron chi connectivity index (χ3n) is 1.55. The molecule has 74 valence electrons. The van der Waals surface area contributed by atoms with E-state index in [-0.39, 0.29) is 18.0 Å². The van der Waals surface area contributed by atoms with E-state index in [0.29, 0.717) is 12.4 Å². The minimum atomic E-state index is -0.404. The maximum Gasteiger partial charge on any atom is 0.315 e. The molecule has 0 aliphatic rings. The Bertz CT molecular complexity index is 376. The summed E-state index contributed by atoms with van der Waals surface area (Å²) >= 11 is 0. The number of hydrogen-bond acceptors (Lipinski definition) is 5. The fraction of sp³-hybridized carbons (Fsp3) is 0.444. The molecule has 0 aliphatic heterocycles. The Balaban J connectivity index is 2.69. The summed E-state index contributed by atoms with van der Waals surface area (Å²) in [6.07, 6.45) is -0.0314. The van der Waals surface area contributed by atoms with Crippen LogP contribution in [-0.2, 0) is 16.0 Å². The highest BCUT2D eigenvalue weighted by Crippen LogP contribution is 2.09. The lowest BCUT2D eigenvalue weighted by atomic mass is 10.4. The van der Waals surface area contributed by atoms with Gasteiger partial charge in [-0.1, -0.05) is 0 Å². The number of nitriles is 1. The van der Waals surface area contributed by atoms with Crippen LogP contribution in [0.5, 0.6) is 0 Å². The fourth-order valence-corrected chi connectivity index (χ4v) is 0.966. The third kappa shape index (κ3) is 2.33. The maximum absolute atomic E-state index is 11.0. The van der Waals surface area contributed by atoms with Crippen LogP contribution in [0.2, 0.25) is 0 Å². The molecule has 0 atom stereocenters. The molecular weight excluding hydrogens is 184 g/mol. The summed E-state index contributed by atoms with van der Waals surface area (Å²) in [6.45, 7) is 3.67. The van der Waals surface area contributed by atoms with E-state index < -0.39 is 5.97 Å². The smallest absolute Gasteiger partial charge is 0.315 e. The number of nitrogens with zero attached hydrogens (tertiary/aromatic N) is 2. The molecule has 5 heteroatoms. The predicted molar refractivity (Wildman–Crippen MR) is 46.3 cm³/mol. The van der Waals surface area contributed by atoms with Gasteiger partial charge in [0.15, 0.2) is 5.69 Å². The Kier molecular flexibility index (Phi) is 3.24. The van der Waals surface area contributed by atoms with E-state index >= 15 is 0 Å². The average molecular weight is 194 g/mol. The van der Waals surface area contributed by atoms with E-state index in [1.54, 1.807) is 13.8 Å². The topological polar surface area (TPSA) is 76.1 Å². The number of rotatable bonds is 3. The molecule has 1 aromatic rings. The molecule has 5 nitrogen and oxygen atoms in total. The molecule has 0 amide bonds. The molecule has 0 unspecified atom stereocenters. The number of aryl methyl sites for hydroxylation is 1. The van der Waals surface area contributed by atoms with Crippen LogP contribution in [0.25, 0.3) is 0 Å². The van der Waals surface area contributed by atoms with Gasteiger partial charge < -0.3 is 9.15 Å². The summed E-state index contributed by atoms with van der Waals surface area (Å²) in [5.74, 6) is 0.238. The summed E-state index contributed by atoms with van der Waals surface area (Å²) in [4.78, 5) is 14.8. The van der Waals surface area contributed by atoms with Crippen molar-refractivity contribution in [2.75, 3.05) is 6.61 Å². The van der Waals surface area contributed by atoms with Gasteiger partial charge in [0.2, 0.25) is 5.89 Å². The summed E-state index contributed by atoms with van der Waals surface area (Å²) in [5, 5.41) is 8.58. The van der Waals surface area contributed by atoms with E-state index in [4.69, 9.17) is 14.4 Å². The molecule has 0 radical (unpaired) electrons. The highest BCUT2D eigenvalue weighted by molar-refractivity contribution is 5.71. The molecule has 1 rings (SSSR count). The first kappa shape index (κ1) is 10.3. The number of esters is 1. The summed E-state index contributed by atoms with van der Waals surface area (Å²) in [7, 11) is 0. The second-order valence-electron chi connectivity index (χ2n) is 2.61. The zero-order valence-electron chi connectivity index (χ0n) is 8.03. The predicted octanol–water partition coefficient (Wildman–Crippen LogP) is 0.960. The van der Waals surface area contributed by atoms with Crippen LogP contribution < -0.4 is 0 Å². The van der Waals surface area contributed by atoms with Crippen LogP contribution in [0.4, 0.5) is 0 Å². The van der Waals surface area contributed by atoms with Gasteiger partial charge in [-0.25, -0.2) is 4.98 Å². The number of oxazole rings is 1. The van der Waals surface area contributed by atoms with Crippen molar-refractivity contribution < 1.29 is 13.9 Å². The summed E-state index contributed by atoms with van der Waals surface area (Å²) in [6, 6.07) is 1.86. The van der Waals surface area contributed by atoms with Crippen molar-refractivity contribution >= 4 is 5.97 Å². The van der Waals surface area contributed by atoms with Crippen LogP contribution in [0.3, 0.4) is 0 Å². The van der Waals surface area contributed by atoms with Gasteiger partial charge in [-0.05, 0) is 13.8 Å². The highest BCUT2D eigenvalue weighted by Gasteiger charge is 2.12. The standard InChI is InChI=1S/C9H10N2O3/c1-3-13-9(12)4-8-11-7(5-10)6(2)14-8/h3-4H2,1-2H3.